The number of urea groups is 1. The van der Waals surface area contributed by atoms with Crippen LogP contribution in [0.1, 0.15) is 27.7 Å². The van der Waals surface area contributed by atoms with Gasteiger partial charge in [-0.2, -0.15) is 0 Å². The van der Waals surface area contributed by atoms with Gasteiger partial charge < -0.3 is 10.6 Å². The first-order valence-corrected chi connectivity index (χ1v) is 6.23. The highest BCUT2D eigenvalue weighted by molar-refractivity contribution is 5.74. The van der Waals surface area contributed by atoms with Crippen LogP contribution >= 0.6 is 0 Å². The number of rotatable bonds is 2. The Morgan fingerprint density at radius 1 is 1.31 bits per heavy atom. The molecule has 2 aliphatic rings. The minimum Gasteiger partial charge on any atom is -0.338 e. The normalized spacial score (nSPS) is 33.4. The minimum absolute atomic E-state index is 0.00999. The zero-order valence-corrected chi connectivity index (χ0v) is 10.7. The van der Waals surface area contributed by atoms with Crippen LogP contribution in [-0.2, 0) is 0 Å². The molecule has 2 N–H and O–H groups in total. The van der Waals surface area contributed by atoms with Crippen molar-refractivity contribution in [1.82, 2.24) is 15.5 Å². The second-order valence-electron chi connectivity index (χ2n) is 5.93. The number of nitrogens with one attached hydrogen (secondary N) is 2. The summed E-state index contributed by atoms with van der Waals surface area (Å²) in [7, 11) is 0. The van der Waals surface area contributed by atoms with Gasteiger partial charge in [0, 0.05) is 31.2 Å². The molecule has 0 aromatic rings. The predicted molar refractivity (Wildman–Crippen MR) is 64.3 cm³/mol. The summed E-state index contributed by atoms with van der Waals surface area (Å²) >= 11 is 0. The maximum absolute atomic E-state index is 11.4. The molecular weight excluding hydrogens is 202 g/mol. The highest BCUT2D eigenvalue weighted by atomic mass is 16.2. The van der Waals surface area contributed by atoms with Gasteiger partial charge in [0.15, 0.2) is 0 Å². The van der Waals surface area contributed by atoms with Crippen molar-refractivity contribution in [3.8, 4) is 0 Å². The van der Waals surface area contributed by atoms with Crippen molar-refractivity contribution in [3.63, 3.8) is 0 Å². The van der Waals surface area contributed by atoms with Crippen molar-refractivity contribution in [1.29, 1.82) is 0 Å². The average molecular weight is 225 g/mol. The molecular formula is C12H23N3O. The van der Waals surface area contributed by atoms with Crippen molar-refractivity contribution >= 4 is 6.03 Å². The number of hydrogen-bond acceptors (Lipinski definition) is 2. The lowest BCUT2D eigenvalue weighted by molar-refractivity contribution is 0.150. The van der Waals surface area contributed by atoms with Gasteiger partial charge in [0.1, 0.15) is 0 Å². The molecule has 1 heterocycles. The number of nitrogens with zero attached hydrogens (tertiary/aromatic N) is 1. The molecule has 92 valence electrons. The minimum atomic E-state index is -0.00999. The Bertz CT molecular complexity index is 272. The van der Waals surface area contributed by atoms with Crippen LogP contribution in [0.4, 0.5) is 4.79 Å². The van der Waals surface area contributed by atoms with Crippen LogP contribution < -0.4 is 10.6 Å². The van der Waals surface area contributed by atoms with E-state index in [1.807, 2.05) is 6.92 Å². The van der Waals surface area contributed by atoms with Crippen LogP contribution in [0.25, 0.3) is 0 Å². The molecule has 0 aromatic heterocycles. The average Bonchev–Trinajstić information content (AvgIpc) is 2.59. The van der Waals surface area contributed by atoms with Crippen LogP contribution in [0.2, 0.25) is 0 Å². The molecule has 16 heavy (non-hydrogen) atoms. The largest absolute Gasteiger partial charge is 0.338 e. The van der Waals surface area contributed by atoms with Gasteiger partial charge in [-0.15, -0.1) is 0 Å². The second kappa shape index (κ2) is 3.91. The zero-order valence-electron chi connectivity index (χ0n) is 10.7. The highest BCUT2D eigenvalue weighted by Gasteiger charge is 2.57. The first-order chi connectivity index (χ1) is 7.43. The molecule has 0 bridgehead atoms. The molecule has 0 spiro atoms. The Labute approximate surface area is 97.8 Å². The van der Waals surface area contributed by atoms with E-state index in [9.17, 15) is 4.79 Å². The molecule has 2 rings (SSSR count). The van der Waals surface area contributed by atoms with E-state index in [1.165, 1.54) is 0 Å². The van der Waals surface area contributed by atoms with Crippen molar-refractivity contribution in [2.24, 2.45) is 11.8 Å². The Kier molecular flexibility index (Phi) is 2.86. The third kappa shape index (κ3) is 2.17. The van der Waals surface area contributed by atoms with Crippen molar-refractivity contribution in [2.75, 3.05) is 19.6 Å². The fourth-order valence-electron chi connectivity index (χ4n) is 2.65. The van der Waals surface area contributed by atoms with Crippen LogP contribution in [-0.4, -0.2) is 42.1 Å². The molecule has 0 radical (unpaired) electrons. The number of likely N-dealkylation sites (tertiary alicyclic amines) is 1. The smallest absolute Gasteiger partial charge is 0.315 e. The summed E-state index contributed by atoms with van der Waals surface area (Å²) in [5.41, 5.74) is 0.268. The van der Waals surface area contributed by atoms with E-state index in [0.717, 1.165) is 13.1 Å². The molecule has 2 fully saturated rings. The van der Waals surface area contributed by atoms with E-state index in [4.69, 9.17) is 0 Å². The number of piperidine rings is 1. The summed E-state index contributed by atoms with van der Waals surface area (Å²) in [5, 5.41) is 5.84. The summed E-state index contributed by atoms with van der Waals surface area (Å²) < 4.78 is 0. The SMILES string of the molecule is CCNC(=O)NC1C2CN(C(C)(C)C)CC21. The molecule has 1 aliphatic carbocycles. The molecule has 4 nitrogen and oxygen atoms in total. The van der Waals surface area contributed by atoms with Crippen LogP contribution in [0.15, 0.2) is 0 Å². The van der Waals surface area contributed by atoms with Crippen LogP contribution in [0.5, 0.6) is 0 Å². The van der Waals surface area contributed by atoms with Gasteiger partial charge in [0.25, 0.3) is 0 Å². The second-order valence-corrected chi connectivity index (χ2v) is 5.93. The van der Waals surface area contributed by atoms with E-state index < -0.39 is 0 Å². The van der Waals surface area contributed by atoms with Gasteiger partial charge in [-0.3, -0.25) is 4.90 Å². The van der Waals surface area contributed by atoms with E-state index in [-0.39, 0.29) is 11.6 Å². The Morgan fingerprint density at radius 2 is 1.88 bits per heavy atom. The third-order valence-electron chi connectivity index (χ3n) is 3.78. The quantitative estimate of drug-likeness (QED) is 0.737. The van der Waals surface area contributed by atoms with Crippen molar-refractivity contribution in [2.45, 2.75) is 39.3 Å². The van der Waals surface area contributed by atoms with Gasteiger partial charge in [0.05, 0.1) is 0 Å². The summed E-state index contributed by atoms with van der Waals surface area (Å²) in [5.74, 6) is 1.36. The molecule has 1 aliphatic heterocycles. The molecule has 2 atom stereocenters. The van der Waals surface area contributed by atoms with E-state index in [0.29, 0.717) is 24.4 Å². The van der Waals surface area contributed by atoms with E-state index in [1.54, 1.807) is 0 Å². The van der Waals surface area contributed by atoms with Crippen LogP contribution in [0, 0.1) is 11.8 Å². The molecule has 0 aromatic carbocycles. The lowest BCUT2D eigenvalue weighted by Gasteiger charge is -2.33. The van der Waals surface area contributed by atoms with Gasteiger partial charge in [-0.25, -0.2) is 4.79 Å². The number of fused-ring (bicyclic) bond motifs is 1. The fourth-order valence-corrected chi connectivity index (χ4v) is 2.65. The zero-order chi connectivity index (χ0) is 11.9. The fraction of sp³-hybridized carbons (Fsp3) is 0.917. The van der Waals surface area contributed by atoms with Crippen LogP contribution in [0.3, 0.4) is 0 Å². The standard InChI is InChI=1S/C12H23N3O/c1-5-13-11(16)14-10-8-6-15(7-9(8)10)12(2,3)4/h8-10H,5-7H2,1-4H3,(H2,13,14,16). The van der Waals surface area contributed by atoms with Crippen molar-refractivity contribution < 1.29 is 4.79 Å². The van der Waals surface area contributed by atoms with Gasteiger partial charge >= 0.3 is 6.03 Å². The first kappa shape index (κ1) is 11.7. The van der Waals surface area contributed by atoms with E-state index >= 15 is 0 Å². The topological polar surface area (TPSA) is 44.4 Å². The summed E-state index contributed by atoms with van der Waals surface area (Å²) in [6.45, 7) is 11.7. The van der Waals surface area contributed by atoms with Gasteiger partial charge in [0.2, 0.25) is 0 Å². The Morgan fingerprint density at radius 3 is 2.31 bits per heavy atom. The summed E-state index contributed by atoms with van der Waals surface area (Å²) in [6, 6.07) is 0.411. The third-order valence-corrected chi connectivity index (χ3v) is 3.78. The summed E-state index contributed by atoms with van der Waals surface area (Å²) in [6.07, 6.45) is 0. The van der Waals surface area contributed by atoms with Gasteiger partial charge in [-0.05, 0) is 39.5 Å². The maximum Gasteiger partial charge on any atom is 0.315 e. The lowest BCUT2D eigenvalue weighted by Crippen LogP contribution is -2.45. The number of carbonyl (C=O) groups is 1. The molecule has 4 heteroatoms. The Hall–Kier alpha value is -0.770. The molecule has 1 saturated heterocycles. The lowest BCUT2D eigenvalue weighted by atomic mass is 10.1. The Balaban J connectivity index is 1.77. The predicted octanol–water partition coefficient (Wildman–Crippen LogP) is 1.03. The number of hydrogen-bond donors (Lipinski definition) is 2. The highest BCUT2D eigenvalue weighted by Crippen LogP contribution is 2.47. The molecule has 1 saturated carbocycles. The monoisotopic (exact) mass is 225 g/mol. The number of amides is 2. The first-order valence-electron chi connectivity index (χ1n) is 6.23. The maximum atomic E-state index is 11.4. The van der Waals surface area contributed by atoms with E-state index in [2.05, 4.69) is 36.3 Å². The molecule has 2 unspecified atom stereocenters. The van der Waals surface area contributed by atoms with Gasteiger partial charge in [-0.1, -0.05) is 0 Å². The number of carbonyl (C=O) groups excluding carboxylic acids is 1. The molecule has 2 amide bonds. The summed E-state index contributed by atoms with van der Waals surface area (Å²) in [4.78, 5) is 13.9. The van der Waals surface area contributed by atoms with Crippen molar-refractivity contribution in [3.05, 3.63) is 0 Å².